The Kier molecular flexibility index (Phi) is 4.41. The lowest BCUT2D eigenvalue weighted by atomic mass is 10.2. The van der Waals surface area contributed by atoms with Crippen molar-refractivity contribution in [2.75, 3.05) is 6.54 Å². The van der Waals surface area contributed by atoms with Crippen LogP contribution in [-0.4, -0.2) is 16.1 Å². The van der Waals surface area contributed by atoms with Gasteiger partial charge < -0.3 is 14.3 Å². The lowest BCUT2D eigenvalue weighted by molar-refractivity contribution is 0.378. The van der Waals surface area contributed by atoms with Gasteiger partial charge in [0, 0.05) is 6.54 Å². The van der Waals surface area contributed by atoms with Gasteiger partial charge in [0.2, 0.25) is 0 Å². The maximum atomic E-state index is 5.64. The van der Waals surface area contributed by atoms with Gasteiger partial charge in [0.25, 0.3) is 0 Å². The highest BCUT2D eigenvalue weighted by molar-refractivity contribution is 9.10. The van der Waals surface area contributed by atoms with E-state index in [4.69, 9.17) is 4.42 Å². The van der Waals surface area contributed by atoms with Crippen LogP contribution in [0.3, 0.4) is 0 Å². The first-order chi connectivity index (χ1) is 10.3. The average molecular weight is 348 g/mol. The number of aromatic nitrogens is 2. The van der Waals surface area contributed by atoms with E-state index in [0.29, 0.717) is 0 Å². The topological polar surface area (TPSA) is 43.0 Å². The third-order valence-electron chi connectivity index (χ3n) is 3.51. The van der Waals surface area contributed by atoms with E-state index in [1.807, 2.05) is 30.6 Å². The Morgan fingerprint density at radius 2 is 2.19 bits per heavy atom. The van der Waals surface area contributed by atoms with Crippen molar-refractivity contribution in [2.45, 2.75) is 25.9 Å². The van der Waals surface area contributed by atoms with Crippen molar-refractivity contribution in [2.24, 2.45) is 0 Å². The van der Waals surface area contributed by atoms with Gasteiger partial charge in [0.05, 0.1) is 34.1 Å². The van der Waals surface area contributed by atoms with Crippen LogP contribution in [-0.2, 0) is 6.54 Å². The van der Waals surface area contributed by atoms with Gasteiger partial charge in [0.15, 0.2) is 0 Å². The second-order valence-corrected chi connectivity index (χ2v) is 5.88. The van der Waals surface area contributed by atoms with Crippen molar-refractivity contribution in [3.05, 3.63) is 53.2 Å². The molecule has 5 heteroatoms. The molecule has 0 spiro atoms. The summed E-state index contributed by atoms with van der Waals surface area (Å²) in [5.74, 6) is 0.932. The number of furan rings is 1. The first-order valence-electron chi connectivity index (χ1n) is 7.15. The van der Waals surface area contributed by atoms with Gasteiger partial charge in [-0.3, -0.25) is 0 Å². The third kappa shape index (κ3) is 3.04. The number of nitrogens with zero attached hydrogens (tertiary/aromatic N) is 2. The van der Waals surface area contributed by atoms with Crippen LogP contribution >= 0.6 is 15.9 Å². The van der Waals surface area contributed by atoms with Gasteiger partial charge in [-0.15, -0.1) is 0 Å². The minimum absolute atomic E-state index is 0.118. The Balaban J connectivity index is 1.89. The maximum absolute atomic E-state index is 5.64. The number of para-hydroxylation sites is 2. The fraction of sp³-hybridized carbons (Fsp3) is 0.312. The molecular weight excluding hydrogens is 330 g/mol. The number of halogens is 1. The SMILES string of the molecule is CCCNC(Cn1cnc2ccccc21)c1occc1Br. The Bertz CT molecular complexity index is 719. The second-order valence-electron chi connectivity index (χ2n) is 5.03. The van der Waals surface area contributed by atoms with Crippen molar-refractivity contribution in [3.8, 4) is 0 Å². The molecular formula is C16H18BrN3O. The molecule has 0 aliphatic carbocycles. The number of hydrogen-bond acceptors (Lipinski definition) is 3. The van der Waals surface area contributed by atoms with Crippen molar-refractivity contribution in [1.82, 2.24) is 14.9 Å². The van der Waals surface area contributed by atoms with Gasteiger partial charge in [-0.05, 0) is 47.1 Å². The lowest BCUT2D eigenvalue weighted by Crippen LogP contribution is -2.26. The molecule has 2 aromatic heterocycles. The third-order valence-corrected chi connectivity index (χ3v) is 4.16. The van der Waals surface area contributed by atoms with E-state index in [0.717, 1.165) is 40.8 Å². The summed E-state index contributed by atoms with van der Waals surface area (Å²) in [6.07, 6.45) is 4.69. The van der Waals surface area contributed by atoms with E-state index in [1.54, 1.807) is 6.26 Å². The summed E-state index contributed by atoms with van der Waals surface area (Å²) < 4.78 is 8.81. The number of hydrogen-bond donors (Lipinski definition) is 1. The molecule has 0 saturated heterocycles. The van der Waals surface area contributed by atoms with Gasteiger partial charge in [-0.2, -0.15) is 0 Å². The number of rotatable bonds is 6. The average Bonchev–Trinajstić information content (AvgIpc) is 3.10. The predicted octanol–water partition coefficient (Wildman–Crippen LogP) is 4.13. The molecule has 2 heterocycles. The number of benzene rings is 1. The number of fused-ring (bicyclic) bond motifs is 1. The fourth-order valence-electron chi connectivity index (χ4n) is 2.47. The molecule has 21 heavy (non-hydrogen) atoms. The van der Waals surface area contributed by atoms with Crippen LogP contribution in [0.2, 0.25) is 0 Å². The maximum Gasteiger partial charge on any atom is 0.136 e. The van der Waals surface area contributed by atoms with Gasteiger partial charge >= 0.3 is 0 Å². The molecule has 3 rings (SSSR count). The molecule has 0 saturated carbocycles. The molecule has 0 aliphatic heterocycles. The fourth-order valence-corrected chi connectivity index (χ4v) is 2.94. The summed E-state index contributed by atoms with van der Waals surface area (Å²) in [7, 11) is 0. The summed E-state index contributed by atoms with van der Waals surface area (Å²) in [5, 5.41) is 3.54. The van der Waals surface area contributed by atoms with Crippen LogP contribution in [0.4, 0.5) is 0 Å². The minimum atomic E-state index is 0.118. The highest BCUT2D eigenvalue weighted by Gasteiger charge is 2.18. The van der Waals surface area contributed by atoms with Crippen LogP contribution in [0.15, 0.2) is 51.8 Å². The second kappa shape index (κ2) is 6.45. The Hall–Kier alpha value is -1.59. The van der Waals surface area contributed by atoms with E-state index in [1.165, 1.54) is 0 Å². The zero-order chi connectivity index (χ0) is 14.7. The molecule has 1 unspecified atom stereocenters. The number of imidazole rings is 1. The molecule has 3 aromatic rings. The summed E-state index contributed by atoms with van der Waals surface area (Å²) in [5.41, 5.74) is 2.16. The standard InChI is InChI=1S/C16H18BrN3O/c1-2-8-18-14(16-12(17)7-9-21-16)10-20-11-19-13-5-3-4-6-15(13)20/h3-7,9,11,14,18H,2,8,10H2,1H3. The zero-order valence-corrected chi connectivity index (χ0v) is 13.5. The molecule has 1 aromatic carbocycles. The van der Waals surface area contributed by atoms with Gasteiger partial charge in [-0.1, -0.05) is 19.1 Å². The van der Waals surface area contributed by atoms with E-state index in [2.05, 4.69) is 43.8 Å². The largest absolute Gasteiger partial charge is 0.466 e. The molecule has 0 bridgehead atoms. The van der Waals surface area contributed by atoms with Crippen LogP contribution < -0.4 is 5.32 Å². The van der Waals surface area contributed by atoms with E-state index >= 15 is 0 Å². The lowest BCUT2D eigenvalue weighted by Gasteiger charge is -2.18. The van der Waals surface area contributed by atoms with Crippen molar-refractivity contribution in [3.63, 3.8) is 0 Å². The Morgan fingerprint density at radius 1 is 1.33 bits per heavy atom. The predicted molar refractivity (Wildman–Crippen MR) is 87.2 cm³/mol. The van der Waals surface area contributed by atoms with Crippen molar-refractivity contribution >= 4 is 27.0 Å². The zero-order valence-electron chi connectivity index (χ0n) is 11.9. The molecule has 0 amide bonds. The molecule has 4 nitrogen and oxygen atoms in total. The first kappa shape index (κ1) is 14.4. The molecule has 0 fully saturated rings. The number of nitrogens with one attached hydrogen (secondary N) is 1. The van der Waals surface area contributed by atoms with Crippen LogP contribution in [0.25, 0.3) is 11.0 Å². The first-order valence-corrected chi connectivity index (χ1v) is 7.95. The van der Waals surface area contributed by atoms with E-state index < -0.39 is 0 Å². The molecule has 0 radical (unpaired) electrons. The monoisotopic (exact) mass is 347 g/mol. The van der Waals surface area contributed by atoms with Crippen molar-refractivity contribution in [1.29, 1.82) is 0 Å². The van der Waals surface area contributed by atoms with Gasteiger partial charge in [-0.25, -0.2) is 4.98 Å². The normalized spacial score (nSPS) is 12.9. The molecule has 1 atom stereocenters. The summed E-state index contributed by atoms with van der Waals surface area (Å²) >= 11 is 3.55. The quantitative estimate of drug-likeness (QED) is 0.728. The minimum Gasteiger partial charge on any atom is -0.466 e. The Labute approximate surface area is 132 Å². The van der Waals surface area contributed by atoms with E-state index in [9.17, 15) is 0 Å². The Morgan fingerprint density at radius 3 is 2.95 bits per heavy atom. The molecule has 1 N–H and O–H groups in total. The van der Waals surface area contributed by atoms with Crippen LogP contribution in [0.5, 0.6) is 0 Å². The highest BCUT2D eigenvalue weighted by atomic mass is 79.9. The van der Waals surface area contributed by atoms with Crippen LogP contribution in [0.1, 0.15) is 25.1 Å². The van der Waals surface area contributed by atoms with Crippen molar-refractivity contribution < 1.29 is 4.42 Å². The van der Waals surface area contributed by atoms with Crippen LogP contribution in [0, 0.1) is 0 Å². The highest BCUT2D eigenvalue weighted by Crippen LogP contribution is 2.26. The molecule has 0 aliphatic rings. The molecule has 110 valence electrons. The smallest absolute Gasteiger partial charge is 0.136 e. The van der Waals surface area contributed by atoms with E-state index in [-0.39, 0.29) is 6.04 Å². The summed E-state index contributed by atoms with van der Waals surface area (Å²) in [6.45, 7) is 3.89. The summed E-state index contributed by atoms with van der Waals surface area (Å²) in [4.78, 5) is 4.45. The van der Waals surface area contributed by atoms with Gasteiger partial charge in [0.1, 0.15) is 5.76 Å². The summed E-state index contributed by atoms with van der Waals surface area (Å²) in [6, 6.07) is 10.2.